The summed E-state index contributed by atoms with van der Waals surface area (Å²) in [6, 6.07) is 23.2. The van der Waals surface area contributed by atoms with E-state index in [0.717, 1.165) is 33.3 Å². The first-order valence-electron chi connectivity index (χ1n) is 9.32. The summed E-state index contributed by atoms with van der Waals surface area (Å²) < 4.78 is 5.75. The number of nitrogens with zero attached hydrogens (tertiary/aromatic N) is 1. The number of fused-ring (bicyclic) bond motifs is 2. The highest BCUT2D eigenvalue weighted by Gasteiger charge is 2.23. The van der Waals surface area contributed by atoms with Gasteiger partial charge in [0.05, 0.1) is 6.54 Å². The molecule has 6 heteroatoms. The van der Waals surface area contributed by atoms with E-state index >= 15 is 0 Å². The molecule has 5 rings (SSSR count). The summed E-state index contributed by atoms with van der Waals surface area (Å²) in [6.45, 7) is 0.865. The molecule has 0 atom stereocenters. The van der Waals surface area contributed by atoms with Gasteiger partial charge in [-0.05, 0) is 29.8 Å². The van der Waals surface area contributed by atoms with Gasteiger partial charge < -0.3 is 9.72 Å². The molecule has 1 aromatic heterocycles. The van der Waals surface area contributed by atoms with Gasteiger partial charge in [0, 0.05) is 27.1 Å². The summed E-state index contributed by atoms with van der Waals surface area (Å²) >= 11 is 6.23. The smallest absolute Gasteiger partial charge is 0.282 e. The third-order valence-electron chi connectivity index (χ3n) is 5.02. The lowest BCUT2D eigenvalue weighted by molar-refractivity contribution is 0.0389. The predicted molar refractivity (Wildman–Crippen MR) is 114 cm³/mol. The van der Waals surface area contributed by atoms with Gasteiger partial charge in [0.15, 0.2) is 6.73 Å². The van der Waals surface area contributed by atoms with Crippen LogP contribution in [0.15, 0.2) is 72.8 Å². The summed E-state index contributed by atoms with van der Waals surface area (Å²) in [6.07, 6.45) is 0. The van der Waals surface area contributed by atoms with Crippen molar-refractivity contribution >= 4 is 28.4 Å². The predicted octanol–water partition coefficient (Wildman–Crippen LogP) is 4.99. The van der Waals surface area contributed by atoms with Crippen LogP contribution in [0.4, 0.5) is 0 Å². The number of aromatic amines is 1. The van der Waals surface area contributed by atoms with Crippen LogP contribution in [0, 0.1) is 0 Å². The van der Waals surface area contributed by atoms with Crippen LogP contribution in [-0.2, 0) is 6.54 Å². The third-order valence-corrected chi connectivity index (χ3v) is 5.25. The maximum Gasteiger partial charge on any atom is 0.282 e. The zero-order chi connectivity index (χ0) is 19.8. The first-order chi connectivity index (χ1) is 14.2. The number of carbonyl (C=O) groups excluding carboxylic acids is 1. The number of H-pyrrole nitrogens is 1. The van der Waals surface area contributed by atoms with Crippen molar-refractivity contribution in [3.05, 3.63) is 89.1 Å². The SMILES string of the molecule is O=C(NN1COc2ccccc2C1)c1[nH]c2ccc(Cl)cc2c1-c1ccccc1. The van der Waals surface area contributed by atoms with Gasteiger partial charge in [-0.3, -0.25) is 10.2 Å². The Hall–Kier alpha value is -3.28. The first kappa shape index (κ1) is 17.8. The Morgan fingerprint density at radius 1 is 1.03 bits per heavy atom. The highest BCUT2D eigenvalue weighted by molar-refractivity contribution is 6.31. The van der Waals surface area contributed by atoms with Crippen molar-refractivity contribution in [3.63, 3.8) is 0 Å². The van der Waals surface area contributed by atoms with E-state index < -0.39 is 0 Å². The Morgan fingerprint density at radius 2 is 1.83 bits per heavy atom. The highest BCUT2D eigenvalue weighted by Crippen LogP contribution is 2.34. The number of halogens is 1. The minimum absolute atomic E-state index is 0.223. The van der Waals surface area contributed by atoms with Gasteiger partial charge in [-0.2, -0.15) is 5.01 Å². The van der Waals surface area contributed by atoms with Gasteiger partial charge >= 0.3 is 0 Å². The van der Waals surface area contributed by atoms with Gasteiger partial charge in [-0.1, -0.05) is 60.1 Å². The molecule has 1 aliphatic rings. The number of hydrogen-bond donors (Lipinski definition) is 2. The Bertz CT molecular complexity index is 1200. The lowest BCUT2D eigenvalue weighted by Crippen LogP contribution is -2.46. The molecule has 2 heterocycles. The van der Waals surface area contributed by atoms with E-state index in [2.05, 4.69) is 10.4 Å². The lowest BCUT2D eigenvalue weighted by Gasteiger charge is -2.28. The maximum atomic E-state index is 13.2. The van der Waals surface area contributed by atoms with Crippen LogP contribution < -0.4 is 10.2 Å². The van der Waals surface area contributed by atoms with Crippen molar-refractivity contribution in [2.75, 3.05) is 6.73 Å². The number of aromatic nitrogens is 1. The topological polar surface area (TPSA) is 57.4 Å². The monoisotopic (exact) mass is 403 g/mol. The summed E-state index contributed by atoms with van der Waals surface area (Å²) in [5.41, 5.74) is 7.14. The molecule has 29 heavy (non-hydrogen) atoms. The van der Waals surface area contributed by atoms with Gasteiger partial charge in [-0.25, -0.2) is 0 Å². The summed E-state index contributed by atoms with van der Waals surface area (Å²) in [5, 5.41) is 3.30. The molecule has 0 fully saturated rings. The number of para-hydroxylation sites is 1. The van der Waals surface area contributed by atoms with Crippen LogP contribution >= 0.6 is 11.6 Å². The quantitative estimate of drug-likeness (QED) is 0.507. The van der Waals surface area contributed by atoms with Crippen molar-refractivity contribution in [1.82, 2.24) is 15.4 Å². The molecular formula is C23H18ClN3O2. The van der Waals surface area contributed by atoms with E-state index in [4.69, 9.17) is 16.3 Å². The average molecular weight is 404 g/mol. The number of carbonyl (C=O) groups is 1. The molecule has 0 aliphatic carbocycles. The van der Waals surface area contributed by atoms with E-state index in [0.29, 0.717) is 17.3 Å². The fourth-order valence-corrected chi connectivity index (χ4v) is 3.86. The normalized spacial score (nSPS) is 13.7. The standard InChI is InChI=1S/C23H18ClN3O2/c24-17-10-11-19-18(12-17)21(15-6-2-1-3-7-15)22(25-19)23(28)26-27-13-16-8-4-5-9-20(16)29-14-27/h1-12,25H,13-14H2,(H,26,28). The second-order valence-electron chi connectivity index (χ2n) is 6.95. The number of hydrogen-bond acceptors (Lipinski definition) is 3. The second kappa shape index (κ2) is 7.28. The Labute approximate surface area is 172 Å². The molecule has 2 N–H and O–H groups in total. The number of nitrogens with one attached hydrogen (secondary N) is 2. The Morgan fingerprint density at radius 3 is 2.69 bits per heavy atom. The minimum atomic E-state index is -0.223. The molecule has 0 saturated carbocycles. The summed E-state index contributed by atoms with van der Waals surface area (Å²) in [7, 11) is 0. The van der Waals surface area contributed by atoms with Crippen LogP contribution in [-0.4, -0.2) is 22.6 Å². The molecular weight excluding hydrogens is 386 g/mol. The zero-order valence-corrected chi connectivity index (χ0v) is 16.2. The van der Waals surface area contributed by atoms with Crippen LogP contribution in [0.3, 0.4) is 0 Å². The summed E-state index contributed by atoms with van der Waals surface area (Å²) in [4.78, 5) is 16.5. The van der Waals surface area contributed by atoms with Gasteiger partial charge in [0.25, 0.3) is 5.91 Å². The molecule has 0 saturated heterocycles. The number of benzene rings is 3. The van der Waals surface area contributed by atoms with E-state index in [1.807, 2.05) is 72.8 Å². The van der Waals surface area contributed by atoms with Gasteiger partial charge in [0.1, 0.15) is 11.4 Å². The van der Waals surface area contributed by atoms with Crippen LogP contribution in [0.2, 0.25) is 5.02 Å². The van der Waals surface area contributed by atoms with Crippen molar-refractivity contribution in [2.24, 2.45) is 0 Å². The Kier molecular flexibility index (Phi) is 4.46. The second-order valence-corrected chi connectivity index (χ2v) is 7.39. The fourth-order valence-electron chi connectivity index (χ4n) is 3.68. The van der Waals surface area contributed by atoms with Crippen LogP contribution in [0.5, 0.6) is 5.75 Å². The Balaban J connectivity index is 1.51. The minimum Gasteiger partial charge on any atom is -0.476 e. The molecule has 4 aromatic rings. The number of hydrazine groups is 1. The summed E-state index contributed by atoms with van der Waals surface area (Å²) in [5.74, 6) is 0.627. The van der Waals surface area contributed by atoms with Crippen molar-refractivity contribution < 1.29 is 9.53 Å². The van der Waals surface area contributed by atoms with Gasteiger partial charge in [0.2, 0.25) is 0 Å². The lowest BCUT2D eigenvalue weighted by atomic mass is 10.0. The largest absolute Gasteiger partial charge is 0.476 e. The van der Waals surface area contributed by atoms with Crippen LogP contribution in [0.25, 0.3) is 22.0 Å². The molecule has 0 bridgehead atoms. The van der Waals surface area contributed by atoms with Gasteiger partial charge in [-0.15, -0.1) is 0 Å². The number of ether oxygens (including phenoxy) is 1. The first-order valence-corrected chi connectivity index (χ1v) is 9.70. The molecule has 0 radical (unpaired) electrons. The molecule has 0 spiro atoms. The van der Waals surface area contributed by atoms with Crippen LogP contribution in [0.1, 0.15) is 16.1 Å². The molecule has 3 aromatic carbocycles. The van der Waals surface area contributed by atoms with Crippen molar-refractivity contribution in [2.45, 2.75) is 6.54 Å². The number of rotatable bonds is 3. The zero-order valence-electron chi connectivity index (χ0n) is 15.5. The molecule has 0 unspecified atom stereocenters. The maximum absolute atomic E-state index is 13.2. The molecule has 1 aliphatic heterocycles. The van der Waals surface area contributed by atoms with E-state index in [-0.39, 0.29) is 12.6 Å². The number of amides is 1. The van der Waals surface area contributed by atoms with E-state index in [9.17, 15) is 4.79 Å². The molecule has 144 valence electrons. The van der Waals surface area contributed by atoms with E-state index in [1.54, 1.807) is 5.01 Å². The van der Waals surface area contributed by atoms with E-state index in [1.165, 1.54) is 0 Å². The molecule has 5 nitrogen and oxygen atoms in total. The molecule has 1 amide bonds. The fraction of sp³-hybridized carbons (Fsp3) is 0.0870. The van der Waals surface area contributed by atoms with Crippen molar-refractivity contribution in [1.29, 1.82) is 0 Å². The average Bonchev–Trinajstić information content (AvgIpc) is 3.13. The third kappa shape index (κ3) is 3.35. The van der Waals surface area contributed by atoms with Crippen molar-refractivity contribution in [3.8, 4) is 16.9 Å². The highest BCUT2D eigenvalue weighted by atomic mass is 35.5.